The third-order valence-electron chi connectivity index (χ3n) is 3.42. The number of nitrogens with one attached hydrogen (secondary N) is 2. The van der Waals surface area contributed by atoms with Gasteiger partial charge in [0.1, 0.15) is 11.3 Å². The summed E-state index contributed by atoms with van der Waals surface area (Å²) >= 11 is 0. The molecule has 1 fully saturated rings. The fraction of sp³-hybridized carbons (Fsp3) is 0.357. The van der Waals surface area contributed by atoms with Gasteiger partial charge in [0.25, 0.3) is 5.91 Å². The van der Waals surface area contributed by atoms with Crippen molar-refractivity contribution in [3.05, 3.63) is 35.9 Å². The number of carbonyl (C=O) groups excluding carboxylic acids is 1. The normalized spacial score (nSPS) is 17.2. The van der Waals surface area contributed by atoms with E-state index in [0.29, 0.717) is 11.0 Å². The first-order chi connectivity index (χ1) is 9.74. The van der Waals surface area contributed by atoms with Crippen LogP contribution in [0.25, 0.3) is 11.0 Å². The molecule has 0 radical (unpaired) electrons. The molecule has 0 saturated carbocycles. The predicted molar refractivity (Wildman–Crippen MR) is 87.3 cm³/mol. The summed E-state index contributed by atoms with van der Waals surface area (Å²) in [7, 11) is 0. The zero-order valence-corrected chi connectivity index (χ0v) is 13.3. The van der Waals surface area contributed by atoms with E-state index in [1.807, 2.05) is 0 Å². The van der Waals surface area contributed by atoms with Crippen LogP contribution in [0.3, 0.4) is 0 Å². The first-order valence-corrected chi connectivity index (χ1v) is 6.66. The lowest BCUT2D eigenvalue weighted by Gasteiger charge is -2.23. The maximum Gasteiger partial charge on any atom is 0.253 e. The number of rotatable bonds is 2. The average Bonchev–Trinajstić information content (AvgIpc) is 2.47. The number of nitrogens with zero attached hydrogens (tertiary/aromatic N) is 2. The molecule has 1 aliphatic rings. The van der Waals surface area contributed by atoms with Gasteiger partial charge < -0.3 is 10.6 Å². The molecule has 0 unspecified atom stereocenters. The molecule has 3 rings (SSSR count). The lowest BCUT2D eigenvalue weighted by molar-refractivity contribution is 0.0931. The molecule has 1 amide bonds. The van der Waals surface area contributed by atoms with Crippen LogP contribution < -0.4 is 10.6 Å². The van der Waals surface area contributed by atoms with E-state index in [4.69, 9.17) is 0 Å². The molecule has 1 aromatic heterocycles. The monoisotopic (exact) mass is 346 g/mol. The molecule has 0 spiro atoms. The van der Waals surface area contributed by atoms with Crippen LogP contribution in [0.2, 0.25) is 0 Å². The van der Waals surface area contributed by atoms with Gasteiger partial charge in [-0.3, -0.25) is 14.8 Å². The number of halogens is 3. The first-order valence-electron chi connectivity index (χ1n) is 6.66. The zero-order valence-electron chi connectivity index (χ0n) is 11.7. The van der Waals surface area contributed by atoms with Gasteiger partial charge >= 0.3 is 0 Å². The maximum absolute atomic E-state index is 13.6. The van der Waals surface area contributed by atoms with E-state index in [0.717, 1.165) is 25.9 Å². The maximum atomic E-state index is 13.6. The fourth-order valence-electron chi connectivity index (χ4n) is 2.45. The van der Waals surface area contributed by atoms with Crippen LogP contribution in [0.1, 0.15) is 23.2 Å². The lowest BCUT2D eigenvalue weighted by atomic mass is 10.1. The first kappa shape index (κ1) is 18.5. The minimum absolute atomic E-state index is 0. The van der Waals surface area contributed by atoms with Crippen LogP contribution in [-0.4, -0.2) is 35.0 Å². The largest absolute Gasteiger partial charge is 0.348 e. The van der Waals surface area contributed by atoms with Crippen molar-refractivity contribution in [2.24, 2.45) is 0 Å². The summed E-state index contributed by atoms with van der Waals surface area (Å²) in [6.07, 6.45) is 4.93. The highest BCUT2D eigenvalue weighted by atomic mass is 35.5. The minimum Gasteiger partial charge on any atom is -0.348 e. The van der Waals surface area contributed by atoms with Crippen molar-refractivity contribution in [1.29, 1.82) is 0 Å². The molecule has 120 valence electrons. The summed E-state index contributed by atoms with van der Waals surface area (Å²) in [4.78, 5) is 20.5. The Labute approximate surface area is 139 Å². The number of fused-ring (bicyclic) bond motifs is 1. The molecule has 2 heterocycles. The molecule has 1 aromatic carbocycles. The molecule has 0 bridgehead atoms. The van der Waals surface area contributed by atoms with E-state index in [1.54, 1.807) is 0 Å². The van der Waals surface area contributed by atoms with Crippen molar-refractivity contribution in [3.63, 3.8) is 0 Å². The number of hydrogen-bond acceptors (Lipinski definition) is 4. The van der Waals surface area contributed by atoms with Gasteiger partial charge in [-0.1, -0.05) is 0 Å². The highest BCUT2D eigenvalue weighted by molar-refractivity contribution is 6.04. The summed E-state index contributed by atoms with van der Waals surface area (Å²) in [5, 5.41) is 6.14. The van der Waals surface area contributed by atoms with Crippen LogP contribution in [-0.2, 0) is 0 Å². The summed E-state index contributed by atoms with van der Waals surface area (Å²) in [5.74, 6) is -0.784. The number of carbonyl (C=O) groups is 1. The highest BCUT2D eigenvalue weighted by Crippen LogP contribution is 2.17. The molecular formula is C14H17Cl2FN4O. The van der Waals surface area contributed by atoms with Gasteiger partial charge in [0.05, 0.1) is 11.1 Å². The zero-order chi connectivity index (χ0) is 13.9. The minimum atomic E-state index is -0.482. The van der Waals surface area contributed by atoms with Gasteiger partial charge in [-0.15, -0.1) is 24.8 Å². The van der Waals surface area contributed by atoms with E-state index in [9.17, 15) is 9.18 Å². The SMILES string of the molecule is Cl.Cl.O=C(N[C@H]1CCCNC1)c1cc(F)cc2nccnc12. The quantitative estimate of drug-likeness (QED) is 0.873. The average molecular weight is 347 g/mol. The Morgan fingerprint density at radius 3 is 2.77 bits per heavy atom. The van der Waals surface area contributed by atoms with Crippen molar-refractivity contribution < 1.29 is 9.18 Å². The second-order valence-corrected chi connectivity index (χ2v) is 4.89. The topological polar surface area (TPSA) is 66.9 Å². The van der Waals surface area contributed by atoms with Crippen molar-refractivity contribution in [3.8, 4) is 0 Å². The highest BCUT2D eigenvalue weighted by Gasteiger charge is 2.19. The Bertz CT molecular complexity index is 650. The van der Waals surface area contributed by atoms with E-state index in [1.165, 1.54) is 24.5 Å². The van der Waals surface area contributed by atoms with Gasteiger partial charge in [0.15, 0.2) is 0 Å². The van der Waals surface area contributed by atoms with Crippen molar-refractivity contribution in [1.82, 2.24) is 20.6 Å². The Balaban J connectivity index is 0.00000121. The van der Waals surface area contributed by atoms with E-state index in [-0.39, 0.29) is 42.3 Å². The van der Waals surface area contributed by atoms with Crippen LogP contribution in [0.15, 0.2) is 24.5 Å². The smallest absolute Gasteiger partial charge is 0.253 e. The molecule has 1 atom stereocenters. The Morgan fingerprint density at radius 2 is 2.05 bits per heavy atom. The summed E-state index contributed by atoms with van der Waals surface area (Å²) in [5.41, 5.74) is 1.05. The molecule has 22 heavy (non-hydrogen) atoms. The van der Waals surface area contributed by atoms with E-state index in [2.05, 4.69) is 20.6 Å². The van der Waals surface area contributed by atoms with Gasteiger partial charge in [-0.05, 0) is 25.5 Å². The Hall–Kier alpha value is -1.50. The number of benzene rings is 1. The third-order valence-corrected chi connectivity index (χ3v) is 3.42. The molecule has 0 aliphatic carbocycles. The second-order valence-electron chi connectivity index (χ2n) is 4.89. The molecule has 2 N–H and O–H groups in total. The fourth-order valence-corrected chi connectivity index (χ4v) is 2.45. The van der Waals surface area contributed by atoms with Crippen LogP contribution in [0.5, 0.6) is 0 Å². The van der Waals surface area contributed by atoms with Crippen LogP contribution in [0, 0.1) is 5.82 Å². The molecule has 1 aliphatic heterocycles. The number of aromatic nitrogens is 2. The molecule has 8 heteroatoms. The Kier molecular flexibility index (Phi) is 6.93. The second kappa shape index (κ2) is 8.22. The van der Waals surface area contributed by atoms with Gasteiger partial charge in [0, 0.05) is 31.0 Å². The Morgan fingerprint density at radius 1 is 1.27 bits per heavy atom. The molecule has 5 nitrogen and oxygen atoms in total. The standard InChI is InChI=1S/C14H15FN4O.2ClH/c15-9-6-11(13-12(7-9)17-4-5-18-13)14(20)19-10-2-1-3-16-8-10;;/h4-7,10,16H,1-3,8H2,(H,19,20);2*1H/t10-;;/m0../s1. The molecule has 1 saturated heterocycles. The predicted octanol–water partition coefficient (Wildman–Crippen LogP) is 2.09. The molecule has 2 aromatic rings. The van der Waals surface area contributed by atoms with Crippen LogP contribution in [0.4, 0.5) is 4.39 Å². The summed E-state index contributed by atoms with van der Waals surface area (Å²) < 4.78 is 13.6. The number of amides is 1. The number of hydrogen-bond donors (Lipinski definition) is 2. The third kappa shape index (κ3) is 4.03. The lowest BCUT2D eigenvalue weighted by Crippen LogP contribution is -2.45. The summed E-state index contributed by atoms with van der Waals surface area (Å²) in [6, 6.07) is 2.57. The molecular weight excluding hydrogens is 330 g/mol. The van der Waals surface area contributed by atoms with Gasteiger partial charge in [0.2, 0.25) is 0 Å². The van der Waals surface area contributed by atoms with E-state index < -0.39 is 5.82 Å². The van der Waals surface area contributed by atoms with Crippen molar-refractivity contribution >= 4 is 41.8 Å². The van der Waals surface area contributed by atoms with Gasteiger partial charge in [-0.25, -0.2) is 4.39 Å². The number of piperidine rings is 1. The van der Waals surface area contributed by atoms with Crippen molar-refractivity contribution in [2.45, 2.75) is 18.9 Å². The van der Waals surface area contributed by atoms with Crippen molar-refractivity contribution in [2.75, 3.05) is 13.1 Å². The van der Waals surface area contributed by atoms with Gasteiger partial charge in [-0.2, -0.15) is 0 Å². The van der Waals surface area contributed by atoms with Crippen LogP contribution >= 0.6 is 24.8 Å². The van der Waals surface area contributed by atoms with E-state index >= 15 is 0 Å². The summed E-state index contributed by atoms with van der Waals surface area (Å²) in [6.45, 7) is 1.71.